The Balaban J connectivity index is 1.14. The maximum Gasteiger partial charge on any atom is 0.0562 e. The van der Waals surface area contributed by atoms with E-state index >= 15 is 0 Å². The molecule has 11 rings (SSSR count). The lowest BCUT2D eigenvalue weighted by Crippen LogP contribution is -2.10. The van der Waals surface area contributed by atoms with Gasteiger partial charge in [0.15, 0.2) is 0 Å². The summed E-state index contributed by atoms with van der Waals surface area (Å²) in [7, 11) is 0. The van der Waals surface area contributed by atoms with Crippen molar-refractivity contribution in [1.82, 2.24) is 4.57 Å². The summed E-state index contributed by atoms with van der Waals surface area (Å²) in [5.74, 6) is 0. The standard InChI is InChI=1S/C54H36N2S/c1-3-18-37(19-4-1)41-24-7-8-25-42(41)38-20-15-23-40(36-38)55(39-21-5-2-6-22-39)50-33-17-34-51-53(50)47-28-10-13-32-49(47)56(51)48-31-12-9-26-43(48)45-29-16-30-46-44-27-11-14-35-52(44)57-54(45)46/h1-36H. The van der Waals surface area contributed by atoms with Crippen LogP contribution in [0.15, 0.2) is 218 Å². The lowest BCUT2D eigenvalue weighted by molar-refractivity contribution is 1.18. The van der Waals surface area contributed by atoms with Gasteiger partial charge in [-0.05, 0) is 76.9 Å². The molecule has 0 unspecified atom stereocenters. The van der Waals surface area contributed by atoms with Crippen molar-refractivity contribution in [2.75, 3.05) is 4.90 Å². The molecule has 0 aliphatic heterocycles. The molecule has 0 atom stereocenters. The first-order valence-corrected chi connectivity index (χ1v) is 20.3. The summed E-state index contributed by atoms with van der Waals surface area (Å²) >= 11 is 1.88. The van der Waals surface area contributed by atoms with E-state index < -0.39 is 0 Å². The minimum absolute atomic E-state index is 1.10. The van der Waals surface area contributed by atoms with Crippen LogP contribution in [0.3, 0.4) is 0 Å². The van der Waals surface area contributed by atoms with E-state index in [9.17, 15) is 0 Å². The molecule has 0 N–H and O–H groups in total. The van der Waals surface area contributed by atoms with Crippen LogP contribution in [0.1, 0.15) is 0 Å². The molecule has 0 amide bonds. The average molecular weight is 745 g/mol. The number of fused-ring (bicyclic) bond motifs is 6. The highest BCUT2D eigenvalue weighted by atomic mass is 32.1. The molecule has 0 saturated heterocycles. The van der Waals surface area contributed by atoms with Gasteiger partial charge in [0, 0.05) is 53.4 Å². The zero-order chi connectivity index (χ0) is 37.7. The van der Waals surface area contributed by atoms with E-state index in [4.69, 9.17) is 0 Å². The van der Waals surface area contributed by atoms with Crippen molar-refractivity contribution in [3.8, 4) is 39.1 Å². The highest BCUT2D eigenvalue weighted by Crippen LogP contribution is 2.47. The summed E-state index contributed by atoms with van der Waals surface area (Å²) < 4.78 is 5.11. The Kier molecular flexibility index (Phi) is 8.04. The molecule has 0 saturated carbocycles. The van der Waals surface area contributed by atoms with Gasteiger partial charge in [0.1, 0.15) is 0 Å². The van der Waals surface area contributed by atoms with Gasteiger partial charge in [-0.3, -0.25) is 0 Å². The molecule has 3 heteroatoms. The third kappa shape index (κ3) is 5.55. The third-order valence-electron chi connectivity index (χ3n) is 11.2. The first-order chi connectivity index (χ1) is 28.3. The third-order valence-corrected chi connectivity index (χ3v) is 12.4. The highest BCUT2D eigenvalue weighted by Gasteiger charge is 2.23. The number of rotatable bonds is 7. The van der Waals surface area contributed by atoms with E-state index in [2.05, 4.69) is 228 Å². The van der Waals surface area contributed by atoms with Crippen molar-refractivity contribution in [2.45, 2.75) is 0 Å². The van der Waals surface area contributed by atoms with Crippen molar-refractivity contribution in [3.63, 3.8) is 0 Å². The average Bonchev–Trinajstić information content (AvgIpc) is 3.84. The van der Waals surface area contributed by atoms with Crippen molar-refractivity contribution in [1.29, 1.82) is 0 Å². The zero-order valence-corrected chi connectivity index (χ0v) is 31.9. The van der Waals surface area contributed by atoms with E-state index in [1.807, 2.05) is 11.3 Å². The van der Waals surface area contributed by atoms with Gasteiger partial charge in [-0.15, -0.1) is 11.3 Å². The van der Waals surface area contributed by atoms with Crippen LogP contribution in [-0.2, 0) is 0 Å². The maximum absolute atomic E-state index is 2.48. The number of nitrogens with zero attached hydrogens (tertiary/aromatic N) is 2. The first-order valence-electron chi connectivity index (χ1n) is 19.4. The SMILES string of the molecule is c1ccc(-c2ccccc2-c2cccc(N(c3ccccc3)c3cccc4c3c3ccccc3n4-c3ccccc3-c3cccc4c3sc3ccccc34)c2)cc1. The monoisotopic (exact) mass is 744 g/mol. The number of benzene rings is 9. The van der Waals surface area contributed by atoms with Gasteiger partial charge in [-0.25, -0.2) is 0 Å². The van der Waals surface area contributed by atoms with Crippen molar-refractivity contribution < 1.29 is 0 Å². The number of hydrogen-bond acceptors (Lipinski definition) is 2. The van der Waals surface area contributed by atoms with Gasteiger partial charge in [-0.1, -0.05) is 164 Å². The number of aromatic nitrogens is 1. The van der Waals surface area contributed by atoms with Gasteiger partial charge in [0.25, 0.3) is 0 Å². The fourth-order valence-corrected chi connectivity index (χ4v) is 9.95. The van der Waals surface area contributed by atoms with Crippen LogP contribution >= 0.6 is 11.3 Å². The van der Waals surface area contributed by atoms with Crippen molar-refractivity contribution in [2.24, 2.45) is 0 Å². The molecule has 11 aromatic rings. The Labute approximate surface area is 335 Å². The van der Waals surface area contributed by atoms with Gasteiger partial charge < -0.3 is 9.47 Å². The number of anilines is 3. The Hall–Kier alpha value is -7.20. The topological polar surface area (TPSA) is 8.17 Å². The van der Waals surface area contributed by atoms with E-state index in [1.54, 1.807) is 0 Å². The summed E-state index contributed by atoms with van der Waals surface area (Å²) in [5, 5.41) is 5.04. The Bertz CT molecular complexity index is 3250. The quantitative estimate of drug-likeness (QED) is 0.158. The van der Waals surface area contributed by atoms with Crippen molar-refractivity contribution in [3.05, 3.63) is 218 Å². The molecule has 2 aromatic heterocycles. The molecular weight excluding hydrogens is 709 g/mol. The zero-order valence-electron chi connectivity index (χ0n) is 31.1. The molecule has 0 fully saturated rings. The molecule has 268 valence electrons. The van der Waals surface area contributed by atoms with Gasteiger partial charge in [0.2, 0.25) is 0 Å². The minimum Gasteiger partial charge on any atom is -0.310 e. The van der Waals surface area contributed by atoms with Crippen molar-refractivity contribution >= 4 is 70.4 Å². The number of hydrogen-bond donors (Lipinski definition) is 0. The van der Waals surface area contributed by atoms with Crippen LogP contribution in [0, 0.1) is 0 Å². The maximum atomic E-state index is 2.48. The molecule has 0 spiro atoms. The second-order valence-electron chi connectivity index (χ2n) is 14.5. The normalized spacial score (nSPS) is 11.5. The molecule has 0 aliphatic rings. The number of para-hydroxylation sites is 3. The van der Waals surface area contributed by atoms with Crippen LogP contribution in [-0.4, -0.2) is 4.57 Å². The minimum atomic E-state index is 1.10. The summed E-state index contributed by atoms with van der Waals surface area (Å²) in [6.45, 7) is 0. The highest BCUT2D eigenvalue weighted by molar-refractivity contribution is 7.26. The fourth-order valence-electron chi connectivity index (χ4n) is 8.72. The molecule has 0 aliphatic carbocycles. The molecule has 0 bridgehead atoms. The van der Waals surface area contributed by atoms with Gasteiger partial charge >= 0.3 is 0 Å². The summed E-state index contributed by atoms with van der Waals surface area (Å²) in [6, 6.07) is 79.3. The Morgan fingerprint density at radius 2 is 0.930 bits per heavy atom. The van der Waals surface area contributed by atoms with Crippen LogP contribution in [0.25, 0.3) is 81.0 Å². The largest absolute Gasteiger partial charge is 0.310 e. The summed E-state index contributed by atoms with van der Waals surface area (Å²) in [5.41, 5.74) is 14.1. The van der Waals surface area contributed by atoms with E-state index in [0.29, 0.717) is 0 Å². The fraction of sp³-hybridized carbons (Fsp3) is 0. The van der Waals surface area contributed by atoms with Gasteiger partial charge in [0.05, 0.1) is 22.4 Å². The van der Waals surface area contributed by atoms with E-state index in [0.717, 1.165) is 28.3 Å². The van der Waals surface area contributed by atoms with E-state index in [-0.39, 0.29) is 0 Å². The second-order valence-corrected chi connectivity index (χ2v) is 15.5. The van der Waals surface area contributed by atoms with Crippen LogP contribution in [0.5, 0.6) is 0 Å². The molecular formula is C54H36N2S. The second kappa shape index (κ2) is 13.8. The molecule has 0 radical (unpaired) electrons. The first kappa shape index (κ1) is 33.2. The molecule has 9 aromatic carbocycles. The molecule has 2 nitrogen and oxygen atoms in total. The summed E-state index contributed by atoms with van der Waals surface area (Å²) in [6.07, 6.45) is 0. The predicted molar refractivity (Wildman–Crippen MR) is 245 cm³/mol. The molecule has 2 heterocycles. The molecule has 57 heavy (non-hydrogen) atoms. The lowest BCUT2D eigenvalue weighted by Gasteiger charge is -2.27. The Morgan fingerprint density at radius 1 is 0.368 bits per heavy atom. The predicted octanol–water partition coefficient (Wildman–Crippen LogP) is 15.6. The Morgan fingerprint density at radius 3 is 1.77 bits per heavy atom. The van der Waals surface area contributed by atoms with Crippen LogP contribution < -0.4 is 4.90 Å². The van der Waals surface area contributed by atoms with Crippen LogP contribution in [0.4, 0.5) is 17.1 Å². The van der Waals surface area contributed by atoms with E-state index in [1.165, 1.54) is 69.8 Å². The summed E-state index contributed by atoms with van der Waals surface area (Å²) in [4.78, 5) is 2.43. The smallest absolute Gasteiger partial charge is 0.0562 e. The van der Waals surface area contributed by atoms with Crippen LogP contribution in [0.2, 0.25) is 0 Å². The number of thiophene rings is 1. The lowest BCUT2D eigenvalue weighted by atomic mass is 9.94. The van der Waals surface area contributed by atoms with Gasteiger partial charge in [-0.2, -0.15) is 0 Å².